The first kappa shape index (κ1) is 14.4. The van der Waals surface area contributed by atoms with Crippen molar-refractivity contribution in [3.05, 3.63) is 35.4 Å². The highest BCUT2D eigenvalue weighted by molar-refractivity contribution is 7.88. The Balaban J connectivity index is 2.35. The molecule has 19 heavy (non-hydrogen) atoms. The van der Waals surface area contributed by atoms with E-state index in [2.05, 4.69) is 4.72 Å². The summed E-state index contributed by atoms with van der Waals surface area (Å²) in [6.07, 6.45) is 4.77. The second-order valence-corrected chi connectivity index (χ2v) is 6.86. The van der Waals surface area contributed by atoms with Crippen LogP contribution < -0.4 is 4.72 Å². The fourth-order valence-electron chi connectivity index (χ4n) is 2.69. The van der Waals surface area contributed by atoms with Crippen molar-refractivity contribution in [1.82, 2.24) is 4.72 Å². The van der Waals surface area contributed by atoms with Gasteiger partial charge in [-0.15, -0.1) is 0 Å². The molecule has 1 atom stereocenters. The molecule has 3 nitrogen and oxygen atoms in total. The van der Waals surface area contributed by atoms with E-state index in [9.17, 15) is 17.2 Å². The summed E-state index contributed by atoms with van der Waals surface area (Å²) >= 11 is 0. The highest BCUT2D eigenvalue weighted by Crippen LogP contribution is 2.37. The summed E-state index contributed by atoms with van der Waals surface area (Å²) < 4.78 is 52.2. The molecule has 0 aliphatic heterocycles. The molecule has 1 N–H and O–H groups in total. The monoisotopic (exact) mass is 289 g/mol. The molecule has 0 saturated heterocycles. The zero-order valence-corrected chi connectivity index (χ0v) is 11.5. The van der Waals surface area contributed by atoms with E-state index in [0.717, 1.165) is 44.1 Å². The van der Waals surface area contributed by atoms with Gasteiger partial charge in [-0.25, -0.2) is 21.9 Å². The van der Waals surface area contributed by atoms with Crippen LogP contribution in [0.15, 0.2) is 18.2 Å². The third-order valence-corrected chi connectivity index (χ3v) is 4.19. The van der Waals surface area contributed by atoms with Crippen molar-refractivity contribution in [2.75, 3.05) is 6.26 Å². The lowest BCUT2D eigenvalue weighted by atomic mass is 9.92. The zero-order chi connectivity index (χ0) is 14.0. The molecule has 0 aromatic heterocycles. The number of hydrogen-bond donors (Lipinski definition) is 1. The average molecular weight is 289 g/mol. The quantitative estimate of drug-likeness (QED) is 0.926. The number of rotatable bonds is 4. The highest BCUT2D eigenvalue weighted by Gasteiger charge is 2.30. The Morgan fingerprint density at radius 3 is 2.42 bits per heavy atom. The van der Waals surface area contributed by atoms with Crippen molar-refractivity contribution < 1.29 is 17.2 Å². The first-order valence-corrected chi connectivity index (χ1v) is 8.18. The first-order chi connectivity index (χ1) is 8.87. The fourth-order valence-corrected chi connectivity index (χ4v) is 3.47. The van der Waals surface area contributed by atoms with Crippen molar-refractivity contribution in [2.45, 2.75) is 31.7 Å². The van der Waals surface area contributed by atoms with Gasteiger partial charge in [-0.2, -0.15) is 0 Å². The second kappa shape index (κ2) is 5.54. The molecule has 1 aliphatic carbocycles. The Bertz CT molecular complexity index is 554. The molecule has 0 bridgehead atoms. The van der Waals surface area contributed by atoms with E-state index in [1.807, 2.05) is 0 Å². The number of benzene rings is 1. The van der Waals surface area contributed by atoms with Gasteiger partial charge in [-0.05, 0) is 24.8 Å². The molecule has 0 heterocycles. The highest BCUT2D eigenvalue weighted by atomic mass is 32.2. The fraction of sp³-hybridized carbons (Fsp3) is 0.538. The average Bonchev–Trinajstić information content (AvgIpc) is 2.78. The van der Waals surface area contributed by atoms with Gasteiger partial charge in [0.25, 0.3) is 0 Å². The molecule has 1 saturated carbocycles. The number of hydrogen-bond acceptors (Lipinski definition) is 2. The van der Waals surface area contributed by atoms with Crippen LogP contribution in [0, 0.1) is 17.6 Å². The van der Waals surface area contributed by atoms with Crippen molar-refractivity contribution >= 4 is 10.0 Å². The van der Waals surface area contributed by atoms with Gasteiger partial charge in [-0.1, -0.05) is 18.9 Å². The van der Waals surface area contributed by atoms with Crippen LogP contribution >= 0.6 is 0 Å². The summed E-state index contributed by atoms with van der Waals surface area (Å²) in [6, 6.07) is 2.66. The largest absolute Gasteiger partial charge is 0.213 e. The standard InChI is InChI=1S/C13H17F2NO2S/c1-19(17,18)16-13(9-4-2-3-5-9)11-7-6-10(14)8-12(11)15/h6-9,13,16H,2-5H2,1H3/t13-/m1/s1. The lowest BCUT2D eigenvalue weighted by Crippen LogP contribution is -2.32. The van der Waals surface area contributed by atoms with Gasteiger partial charge in [0.05, 0.1) is 12.3 Å². The minimum absolute atomic E-state index is 0.0645. The van der Waals surface area contributed by atoms with E-state index >= 15 is 0 Å². The van der Waals surface area contributed by atoms with Crippen LogP contribution in [-0.2, 0) is 10.0 Å². The minimum Gasteiger partial charge on any atom is -0.213 e. The van der Waals surface area contributed by atoms with Crippen LogP contribution in [0.3, 0.4) is 0 Å². The maximum absolute atomic E-state index is 13.9. The Morgan fingerprint density at radius 1 is 1.26 bits per heavy atom. The molecule has 1 fully saturated rings. The molecule has 106 valence electrons. The van der Waals surface area contributed by atoms with Crippen LogP contribution in [0.2, 0.25) is 0 Å². The van der Waals surface area contributed by atoms with Gasteiger partial charge in [-0.3, -0.25) is 0 Å². The van der Waals surface area contributed by atoms with Crippen LogP contribution in [-0.4, -0.2) is 14.7 Å². The van der Waals surface area contributed by atoms with E-state index in [1.54, 1.807) is 0 Å². The molecule has 0 amide bonds. The maximum Gasteiger partial charge on any atom is 0.209 e. The molecule has 0 unspecified atom stereocenters. The minimum atomic E-state index is -3.45. The van der Waals surface area contributed by atoms with Gasteiger partial charge < -0.3 is 0 Å². The van der Waals surface area contributed by atoms with Crippen LogP contribution in [0.4, 0.5) is 8.78 Å². The predicted octanol–water partition coefficient (Wildman–Crippen LogP) is 2.75. The Hall–Kier alpha value is -1.01. The van der Waals surface area contributed by atoms with Crippen LogP contribution in [0.5, 0.6) is 0 Å². The molecule has 1 aromatic carbocycles. The lowest BCUT2D eigenvalue weighted by molar-refractivity contribution is 0.397. The van der Waals surface area contributed by atoms with Crippen molar-refractivity contribution in [2.24, 2.45) is 5.92 Å². The Kier molecular flexibility index (Phi) is 4.20. The number of halogens is 2. The molecule has 6 heteroatoms. The number of sulfonamides is 1. The van der Waals surface area contributed by atoms with E-state index in [-0.39, 0.29) is 11.5 Å². The topological polar surface area (TPSA) is 46.2 Å². The molecule has 0 spiro atoms. The number of nitrogens with one attached hydrogen (secondary N) is 1. The molecule has 0 radical (unpaired) electrons. The normalized spacial score (nSPS) is 18.7. The summed E-state index contributed by atoms with van der Waals surface area (Å²) in [4.78, 5) is 0. The Labute approximate surface area is 112 Å². The third kappa shape index (κ3) is 3.73. The van der Waals surface area contributed by atoms with Crippen LogP contribution in [0.1, 0.15) is 37.3 Å². The van der Waals surface area contributed by atoms with E-state index < -0.39 is 27.7 Å². The molecular formula is C13H17F2NO2S. The lowest BCUT2D eigenvalue weighted by Gasteiger charge is -2.24. The summed E-state index contributed by atoms with van der Waals surface area (Å²) in [5, 5.41) is 0. The van der Waals surface area contributed by atoms with E-state index in [1.165, 1.54) is 6.07 Å². The predicted molar refractivity (Wildman–Crippen MR) is 69.0 cm³/mol. The molecule has 1 aliphatic rings. The van der Waals surface area contributed by atoms with Crippen molar-refractivity contribution in [1.29, 1.82) is 0 Å². The van der Waals surface area contributed by atoms with Gasteiger partial charge in [0.2, 0.25) is 10.0 Å². The summed E-state index contributed by atoms with van der Waals surface area (Å²) in [6.45, 7) is 0. The first-order valence-electron chi connectivity index (χ1n) is 6.29. The summed E-state index contributed by atoms with van der Waals surface area (Å²) in [7, 11) is -3.45. The summed E-state index contributed by atoms with van der Waals surface area (Å²) in [5.74, 6) is -1.30. The van der Waals surface area contributed by atoms with E-state index in [0.29, 0.717) is 0 Å². The zero-order valence-electron chi connectivity index (χ0n) is 10.7. The maximum atomic E-state index is 13.9. The molecule has 1 aromatic rings. The SMILES string of the molecule is CS(=O)(=O)N[C@@H](c1ccc(F)cc1F)C1CCCC1. The van der Waals surface area contributed by atoms with Crippen LogP contribution in [0.25, 0.3) is 0 Å². The second-order valence-electron chi connectivity index (χ2n) is 5.08. The third-order valence-electron chi connectivity index (χ3n) is 3.51. The molecular weight excluding hydrogens is 272 g/mol. The van der Waals surface area contributed by atoms with E-state index in [4.69, 9.17) is 0 Å². The van der Waals surface area contributed by atoms with Gasteiger partial charge in [0, 0.05) is 11.6 Å². The molecule has 2 rings (SSSR count). The van der Waals surface area contributed by atoms with Gasteiger partial charge in [0.1, 0.15) is 11.6 Å². The Morgan fingerprint density at radius 2 is 1.89 bits per heavy atom. The summed E-state index contributed by atoms with van der Waals surface area (Å²) in [5.41, 5.74) is 0.221. The van der Waals surface area contributed by atoms with Crippen molar-refractivity contribution in [3.63, 3.8) is 0 Å². The van der Waals surface area contributed by atoms with Gasteiger partial charge in [0.15, 0.2) is 0 Å². The van der Waals surface area contributed by atoms with Crippen molar-refractivity contribution in [3.8, 4) is 0 Å². The smallest absolute Gasteiger partial charge is 0.209 e. The van der Waals surface area contributed by atoms with Gasteiger partial charge >= 0.3 is 0 Å².